The van der Waals surface area contributed by atoms with Crippen LogP contribution >= 0.6 is 0 Å². The fourth-order valence-electron chi connectivity index (χ4n) is 2.52. The lowest BCUT2D eigenvalue weighted by atomic mass is 10.0. The van der Waals surface area contributed by atoms with E-state index in [1.165, 1.54) is 12.3 Å². The lowest BCUT2D eigenvalue weighted by Crippen LogP contribution is -2.00. The van der Waals surface area contributed by atoms with Crippen LogP contribution in [0.15, 0.2) is 48.7 Å². The minimum atomic E-state index is -0.863. The maximum atomic E-state index is 14.0. The number of benzene rings is 2. The van der Waals surface area contributed by atoms with Crippen LogP contribution in [0.1, 0.15) is 12.0 Å². The molecule has 1 aromatic heterocycles. The summed E-state index contributed by atoms with van der Waals surface area (Å²) in [5, 5.41) is 8.73. The van der Waals surface area contributed by atoms with Crippen molar-refractivity contribution in [3.63, 3.8) is 0 Å². The van der Waals surface area contributed by atoms with E-state index in [2.05, 4.69) is 9.97 Å². The number of aryl methyl sites for hydroxylation is 1. The summed E-state index contributed by atoms with van der Waals surface area (Å²) >= 11 is 0. The first-order valence-corrected chi connectivity index (χ1v) is 7.83. The van der Waals surface area contributed by atoms with Crippen molar-refractivity contribution in [2.45, 2.75) is 12.8 Å². The van der Waals surface area contributed by atoms with Gasteiger partial charge in [-0.1, -0.05) is 24.3 Å². The number of nitrogens with two attached hydrogens (primary N) is 1. The van der Waals surface area contributed by atoms with Crippen LogP contribution < -0.4 is 5.73 Å². The molecule has 0 saturated carbocycles. The summed E-state index contributed by atoms with van der Waals surface area (Å²) in [4.78, 5) is 19.1. The van der Waals surface area contributed by atoms with Gasteiger partial charge >= 0.3 is 5.97 Å². The van der Waals surface area contributed by atoms with Crippen molar-refractivity contribution in [2.75, 3.05) is 5.73 Å². The van der Waals surface area contributed by atoms with E-state index in [9.17, 15) is 13.6 Å². The molecule has 3 rings (SSSR count). The Morgan fingerprint density at radius 2 is 1.85 bits per heavy atom. The van der Waals surface area contributed by atoms with Gasteiger partial charge in [0, 0.05) is 23.6 Å². The molecule has 0 bridgehead atoms. The number of aromatic nitrogens is 2. The van der Waals surface area contributed by atoms with Gasteiger partial charge in [-0.3, -0.25) is 4.79 Å². The van der Waals surface area contributed by atoms with Crippen LogP contribution in [0, 0.1) is 11.6 Å². The van der Waals surface area contributed by atoms with Crippen molar-refractivity contribution < 1.29 is 18.7 Å². The molecule has 0 atom stereocenters. The number of carbonyl (C=O) groups is 1. The van der Waals surface area contributed by atoms with E-state index >= 15 is 0 Å². The van der Waals surface area contributed by atoms with Gasteiger partial charge in [-0.2, -0.15) is 0 Å². The van der Waals surface area contributed by atoms with Gasteiger partial charge in [0.15, 0.2) is 0 Å². The third-order valence-corrected chi connectivity index (χ3v) is 3.86. The number of anilines is 1. The van der Waals surface area contributed by atoms with Gasteiger partial charge in [0.25, 0.3) is 0 Å². The highest BCUT2D eigenvalue weighted by Crippen LogP contribution is 2.28. The molecule has 0 amide bonds. The number of nitrogens with zero attached hydrogens (tertiary/aromatic N) is 2. The Bertz CT molecular complexity index is 959. The molecule has 5 nitrogen and oxygen atoms in total. The molecule has 0 aliphatic rings. The molecule has 0 aliphatic carbocycles. The Morgan fingerprint density at radius 1 is 1.12 bits per heavy atom. The molecule has 0 spiro atoms. The van der Waals surface area contributed by atoms with E-state index in [1.54, 1.807) is 24.3 Å². The molecular formula is C19H15F2N3O2. The largest absolute Gasteiger partial charge is 0.481 e. The SMILES string of the molecule is Nc1ncc(-c2ccc(F)cc2F)nc1-c1ccc(CCC(=O)O)cc1. The van der Waals surface area contributed by atoms with E-state index < -0.39 is 17.6 Å². The fraction of sp³-hybridized carbons (Fsp3) is 0.105. The standard InChI is InChI=1S/C19H15F2N3O2/c20-13-6-7-14(15(21)9-13)16-10-23-19(22)18(24-16)12-4-1-11(2-5-12)3-8-17(25)26/h1-2,4-7,9-10H,3,8H2,(H2,22,23)(H,25,26). The van der Waals surface area contributed by atoms with Crippen molar-refractivity contribution >= 4 is 11.8 Å². The summed E-state index contributed by atoms with van der Waals surface area (Å²) < 4.78 is 27.1. The number of carboxylic acids is 1. The predicted molar refractivity (Wildman–Crippen MR) is 93.2 cm³/mol. The number of hydrogen-bond acceptors (Lipinski definition) is 4. The van der Waals surface area contributed by atoms with Gasteiger partial charge < -0.3 is 10.8 Å². The highest BCUT2D eigenvalue weighted by Gasteiger charge is 2.13. The normalized spacial score (nSPS) is 10.7. The molecule has 7 heteroatoms. The van der Waals surface area contributed by atoms with E-state index in [4.69, 9.17) is 10.8 Å². The number of carboxylic acid groups (broad SMARTS) is 1. The number of rotatable bonds is 5. The molecule has 3 aromatic rings. The van der Waals surface area contributed by atoms with E-state index in [0.717, 1.165) is 17.7 Å². The summed E-state index contributed by atoms with van der Waals surface area (Å²) in [6.07, 6.45) is 1.79. The summed E-state index contributed by atoms with van der Waals surface area (Å²) in [7, 11) is 0. The first-order valence-electron chi connectivity index (χ1n) is 7.83. The topological polar surface area (TPSA) is 89.1 Å². The second-order valence-electron chi connectivity index (χ2n) is 5.70. The number of halogens is 2. The first kappa shape index (κ1) is 17.5. The van der Waals surface area contributed by atoms with E-state index in [1.807, 2.05) is 0 Å². The lowest BCUT2D eigenvalue weighted by molar-refractivity contribution is -0.136. The molecule has 132 valence electrons. The zero-order chi connectivity index (χ0) is 18.7. The summed E-state index contributed by atoms with van der Waals surface area (Å²) in [5.41, 5.74) is 8.15. The van der Waals surface area contributed by atoms with Gasteiger partial charge in [-0.25, -0.2) is 18.7 Å². The zero-order valence-electron chi connectivity index (χ0n) is 13.6. The predicted octanol–water partition coefficient (Wildman–Crippen LogP) is 3.69. The average molecular weight is 355 g/mol. The minimum Gasteiger partial charge on any atom is -0.481 e. The minimum absolute atomic E-state index is 0.0423. The van der Waals surface area contributed by atoms with Gasteiger partial charge in [0.2, 0.25) is 0 Å². The van der Waals surface area contributed by atoms with Crippen LogP contribution in [0.4, 0.5) is 14.6 Å². The fourth-order valence-corrected chi connectivity index (χ4v) is 2.52. The molecule has 0 saturated heterocycles. The average Bonchev–Trinajstić information content (AvgIpc) is 2.61. The maximum absolute atomic E-state index is 14.0. The molecular weight excluding hydrogens is 340 g/mol. The highest BCUT2D eigenvalue weighted by molar-refractivity contribution is 5.73. The van der Waals surface area contributed by atoms with Crippen molar-refractivity contribution in [1.82, 2.24) is 9.97 Å². The zero-order valence-corrected chi connectivity index (χ0v) is 13.6. The molecule has 0 unspecified atom stereocenters. The van der Waals surface area contributed by atoms with Crippen molar-refractivity contribution in [1.29, 1.82) is 0 Å². The molecule has 0 aliphatic heterocycles. The Balaban J connectivity index is 1.94. The second kappa shape index (κ2) is 7.26. The Kier molecular flexibility index (Phi) is 4.88. The van der Waals surface area contributed by atoms with Crippen molar-refractivity contribution in [3.8, 4) is 22.5 Å². The summed E-state index contributed by atoms with van der Waals surface area (Å²) in [6, 6.07) is 10.3. The Hall–Kier alpha value is -3.35. The number of hydrogen-bond donors (Lipinski definition) is 2. The van der Waals surface area contributed by atoms with Gasteiger partial charge in [-0.05, 0) is 24.1 Å². The van der Waals surface area contributed by atoms with Crippen LogP contribution in [-0.2, 0) is 11.2 Å². The second-order valence-corrected chi connectivity index (χ2v) is 5.70. The summed E-state index contributed by atoms with van der Waals surface area (Å²) in [6.45, 7) is 0. The van der Waals surface area contributed by atoms with Crippen LogP contribution in [0.5, 0.6) is 0 Å². The molecule has 26 heavy (non-hydrogen) atoms. The molecule has 2 aromatic carbocycles. The van der Waals surface area contributed by atoms with E-state index in [-0.39, 0.29) is 23.5 Å². The van der Waals surface area contributed by atoms with Gasteiger partial charge in [0.1, 0.15) is 23.1 Å². The quantitative estimate of drug-likeness (QED) is 0.729. The smallest absolute Gasteiger partial charge is 0.303 e. The van der Waals surface area contributed by atoms with E-state index in [0.29, 0.717) is 17.7 Å². The third kappa shape index (κ3) is 3.83. The van der Waals surface area contributed by atoms with Gasteiger partial charge in [0.05, 0.1) is 11.9 Å². The first-order chi connectivity index (χ1) is 12.4. The van der Waals surface area contributed by atoms with Crippen LogP contribution in [0.3, 0.4) is 0 Å². The number of aliphatic carboxylic acids is 1. The maximum Gasteiger partial charge on any atom is 0.303 e. The molecule has 0 radical (unpaired) electrons. The number of nitrogen functional groups attached to an aromatic ring is 1. The molecule has 3 N–H and O–H groups in total. The lowest BCUT2D eigenvalue weighted by Gasteiger charge is -2.09. The van der Waals surface area contributed by atoms with Crippen LogP contribution in [0.2, 0.25) is 0 Å². The van der Waals surface area contributed by atoms with Crippen LogP contribution in [-0.4, -0.2) is 21.0 Å². The van der Waals surface area contributed by atoms with Gasteiger partial charge in [-0.15, -0.1) is 0 Å². The van der Waals surface area contributed by atoms with Crippen molar-refractivity contribution in [2.24, 2.45) is 0 Å². The Morgan fingerprint density at radius 3 is 2.50 bits per heavy atom. The monoisotopic (exact) mass is 355 g/mol. The summed E-state index contributed by atoms with van der Waals surface area (Å²) in [5.74, 6) is -2.10. The third-order valence-electron chi connectivity index (χ3n) is 3.86. The van der Waals surface area contributed by atoms with Crippen LogP contribution in [0.25, 0.3) is 22.5 Å². The molecule has 0 fully saturated rings. The van der Waals surface area contributed by atoms with Crippen molar-refractivity contribution in [3.05, 3.63) is 65.9 Å². The molecule has 1 heterocycles. The Labute approximate surface area is 148 Å². The highest BCUT2D eigenvalue weighted by atomic mass is 19.1.